The van der Waals surface area contributed by atoms with E-state index in [0.717, 1.165) is 91.6 Å². The Hall–Kier alpha value is -5.76. The van der Waals surface area contributed by atoms with Gasteiger partial charge < -0.3 is 37.6 Å². The molecule has 0 aromatic carbocycles. The molecule has 0 spiro atoms. The molecule has 1 aliphatic rings. The van der Waals surface area contributed by atoms with Gasteiger partial charge in [0, 0.05) is 45.6 Å². The lowest BCUT2D eigenvalue weighted by atomic mass is 9.86. The Bertz CT molecular complexity index is 2210. The topological polar surface area (TPSA) is 116 Å². The summed E-state index contributed by atoms with van der Waals surface area (Å²) in [5.41, 5.74) is 5.13. The van der Waals surface area contributed by atoms with E-state index in [1.165, 1.54) is 0 Å². The molecule has 16 bridgehead atoms. The quantitative estimate of drug-likeness (QED) is 0.121. The molecule has 0 aliphatic carbocycles. The van der Waals surface area contributed by atoms with Crippen LogP contribution in [0.3, 0.4) is 0 Å². The zero-order valence-electron chi connectivity index (χ0n) is 40.9. The van der Waals surface area contributed by atoms with Gasteiger partial charge in [-0.25, -0.2) is 0 Å². The molecule has 336 valence electrons. The van der Waals surface area contributed by atoms with Crippen LogP contribution in [0.25, 0.3) is 0 Å². The fourth-order valence-corrected chi connectivity index (χ4v) is 9.60. The van der Waals surface area contributed by atoms with Crippen LogP contribution < -0.4 is 0 Å². The van der Waals surface area contributed by atoms with Gasteiger partial charge in [-0.15, -0.1) is 0 Å². The van der Waals surface area contributed by atoms with Gasteiger partial charge in [0.15, 0.2) is 0 Å². The van der Waals surface area contributed by atoms with Crippen molar-refractivity contribution in [3.63, 3.8) is 0 Å². The molecule has 8 heteroatoms. The Morgan fingerprint density at radius 1 is 0.203 bits per heavy atom. The molecule has 0 saturated heterocycles. The highest BCUT2D eigenvalue weighted by atomic mass is 16.4. The first-order chi connectivity index (χ1) is 29.7. The first-order valence-corrected chi connectivity index (χ1v) is 22.9. The second-order valence-electron chi connectivity index (χ2n) is 22.8. The molecule has 64 heavy (non-hydrogen) atoms. The van der Waals surface area contributed by atoms with Gasteiger partial charge in [-0.1, -0.05) is 0 Å². The van der Waals surface area contributed by atoms with Gasteiger partial charge in [0.2, 0.25) is 0 Å². The molecule has 8 aromatic rings. The summed E-state index contributed by atoms with van der Waals surface area (Å²) < 4.78 is 27.3. The summed E-state index contributed by atoms with van der Waals surface area (Å²) in [5, 5.41) is 0. The molecule has 0 amide bonds. The second-order valence-corrected chi connectivity index (χ2v) is 22.8. The van der Waals surface area contributed by atoms with Gasteiger partial charge >= 0.3 is 0 Å². The summed E-state index contributed by atoms with van der Waals surface area (Å²) in [6.07, 6.45) is 0. The summed E-state index contributed by atoms with van der Waals surface area (Å²) in [7, 11) is 0. The monoisotopic (exact) mass is 861 g/mol. The van der Waals surface area contributed by atoms with Gasteiger partial charge in [-0.05, 0) is 208 Å². The van der Waals surface area contributed by atoms with Crippen molar-refractivity contribution < 1.29 is 17.7 Å². The van der Waals surface area contributed by atoms with E-state index >= 15 is 0 Å². The van der Waals surface area contributed by atoms with Crippen LogP contribution in [0.15, 0.2) is 115 Å². The molecule has 0 fully saturated rings. The van der Waals surface area contributed by atoms with Crippen LogP contribution in [-0.4, -0.2) is 19.9 Å². The molecule has 8 aromatic heterocycles. The van der Waals surface area contributed by atoms with Crippen LogP contribution in [0.4, 0.5) is 0 Å². The molecule has 0 unspecified atom stereocenters. The maximum atomic E-state index is 6.82. The number of fused-ring (bicyclic) bond motifs is 16. The van der Waals surface area contributed by atoms with Crippen molar-refractivity contribution in [2.45, 2.75) is 154 Å². The molecule has 8 nitrogen and oxygen atoms in total. The van der Waals surface area contributed by atoms with Gasteiger partial charge in [0.05, 0.1) is 43.3 Å². The van der Waals surface area contributed by atoms with Gasteiger partial charge in [0.1, 0.15) is 46.1 Å². The molecule has 4 N–H and O–H groups in total. The first-order valence-electron chi connectivity index (χ1n) is 22.9. The molecule has 9 rings (SSSR count). The van der Waals surface area contributed by atoms with Crippen LogP contribution in [0.1, 0.15) is 202 Å². The van der Waals surface area contributed by atoms with E-state index in [9.17, 15) is 0 Å². The van der Waals surface area contributed by atoms with E-state index in [0.29, 0.717) is 0 Å². The molecule has 0 saturated carbocycles. The predicted octanol–water partition coefficient (Wildman–Crippen LogP) is 14.3. The number of aromatic amines is 4. The van der Waals surface area contributed by atoms with Crippen LogP contribution in [0.5, 0.6) is 0 Å². The van der Waals surface area contributed by atoms with E-state index < -0.39 is 43.3 Å². The molecule has 0 radical (unpaired) electrons. The fraction of sp³-hybridized carbons (Fsp3) is 0.429. The minimum Gasteiger partial charge on any atom is -0.464 e. The number of nitrogens with one attached hydrogen (secondary N) is 4. The Morgan fingerprint density at radius 2 is 0.312 bits per heavy atom. The molecule has 1 aliphatic heterocycles. The predicted molar refractivity (Wildman–Crippen MR) is 255 cm³/mol. The number of aromatic nitrogens is 4. The number of hydrogen-bond acceptors (Lipinski definition) is 4. The van der Waals surface area contributed by atoms with Crippen molar-refractivity contribution in [1.82, 2.24) is 19.9 Å². The Morgan fingerprint density at radius 3 is 0.422 bits per heavy atom. The van der Waals surface area contributed by atoms with Crippen LogP contribution in [0, 0.1) is 0 Å². The maximum absolute atomic E-state index is 6.82. The van der Waals surface area contributed by atoms with Crippen molar-refractivity contribution in [1.29, 1.82) is 0 Å². The fourth-order valence-electron chi connectivity index (χ4n) is 9.60. The van der Waals surface area contributed by atoms with E-state index in [1.54, 1.807) is 0 Å². The minimum absolute atomic E-state index is 0.431. The Balaban J connectivity index is 1.13. The molecule has 0 atom stereocenters. The standard InChI is InChI=1S/C56H68N4O4/c1-49(2)33-17-18-34(57-33)50(3,4)43-27-28-44(62-43)53(9,10)37-21-22-38(59-37)54(11,12)47-31-32-48(64-47)56(15,16)40-24-23-39(60-40)55(13,14)46-30-29-45(63-46)52(7,8)36-20-19-35(58-36)51(5,6)42-26-25-41(49)61-42/h17-32,57-60H,1-16H3. The lowest BCUT2D eigenvalue weighted by Gasteiger charge is -2.27. The third-order valence-corrected chi connectivity index (χ3v) is 15.5. The number of rotatable bonds is 0. The SMILES string of the molecule is CC1(C)c2ccc([nH]2)C(C)(C)c2ccc(o2)C(C)(C)c2ccc([nH]2)C(C)(C)c2ccc(o2)C(C)(C)c2ccc([nH]2)C(C)(C)c2ccc(o2)C(C)(C)c2ccc([nH]2)C(C)(C)c2ccc1o2. The van der Waals surface area contributed by atoms with Gasteiger partial charge in [-0.3, -0.25) is 0 Å². The van der Waals surface area contributed by atoms with Gasteiger partial charge in [-0.2, -0.15) is 0 Å². The Kier molecular flexibility index (Phi) is 9.43. The van der Waals surface area contributed by atoms with Crippen molar-refractivity contribution >= 4 is 0 Å². The largest absolute Gasteiger partial charge is 0.464 e. The normalized spacial score (nSPS) is 20.2. The zero-order chi connectivity index (χ0) is 46.2. The zero-order valence-corrected chi connectivity index (χ0v) is 40.9. The lowest BCUT2D eigenvalue weighted by molar-refractivity contribution is 0.349. The smallest absolute Gasteiger partial charge is 0.115 e. The van der Waals surface area contributed by atoms with E-state index in [1.807, 2.05) is 0 Å². The summed E-state index contributed by atoms with van der Waals surface area (Å²) >= 11 is 0. The minimum atomic E-state index is -0.431. The lowest BCUT2D eigenvalue weighted by Crippen LogP contribution is -2.24. The molecular weight excluding hydrogens is 793 g/mol. The Labute approximate surface area is 379 Å². The van der Waals surface area contributed by atoms with Crippen LogP contribution in [-0.2, 0) is 43.3 Å². The number of hydrogen-bond donors (Lipinski definition) is 4. The van der Waals surface area contributed by atoms with E-state index in [2.05, 4.69) is 228 Å². The highest BCUT2D eigenvalue weighted by Gasteiger charge is 2.41. The molecular formula is C56H68N4O4. The first kappa shape index (κ1) is 43.5. The van der Waals surface area contributed by atoms with Crippen molar-refractivity contribution in [2.24, 2.45) is 0 Å². The van der Waals surface area contributed by atoms with E-state index in [-0.39, 0.29) is 0 Å². The average molecular weight is 861 g/mol. The number of H-pyrrole nitrogens is 4. The summed E-state index contributed by atoms with van der Waals surface area (Å²) in [6.45, 7) is 35.4. The second kappa shape index (κ2) is 13.9. The van der Waals surface area contributed by atoms with E-state index in [4.69, 9.17) is 17.7 Å². The highest BCUT2D eigenvalue weighted by molar-refractivity contribution is 5.43. The summed E-state index contributed by atoms with van der Waals surface area (Å²) in [4.78, 5) is 15.2. The third-order valence-electron chi connectivity index (χ3n) is 15.5. The number of furan rings is 4. The van der Waals surface area contributed by atoms with Crippen LogP contribution >= 0.6 is 0 Å². The van der Waals surface area contributed by atoms with Gasteiger partial charge in [0.25, 0.3) is 0 Å². The summed E-state index contributed by atoms with van der Waals surface area (Å²) in [5.74, 6) is 7.16. The van der Waals surface area contributed by atoms with Crippen molar-refractivity contribution in [3.05, 3.63) is 189 Å². The average Bonchev–Trinajstić information content (AvgIpc) is 4.11. The highest BCUT2D eigenvalue weighted by Crippen LogP contribution is 2.45. The molecule has 9 heterocycles. The summed E-state index contributed by atoms with van der Waals surface area (Å²) in [6, 6.07) is 34.5. The maximum Gasteiger partial charge on any atom is 0.115 e. The van der Waals surface area contributed by atoms with Crippen molar-refractivity contribution in [3.8, 4) is 0 Å². The van der Waals surface area contributed by atoms with Crippen molar-refractivity contribution in [2.75, 3.05) is 0 Å². The van der Waals surface area contributed by atoms with Crippen LogP contribution in [0.2, 0.25) is 0 Å². The third kappa shape index (κ3) is 6.52.